The largest absolute Gasteiger partial charge is 0.495 e. The summed E-state index contributed by atoms with van der Waals surface area (Å²) in [5, 5.41) is 0. The third-order valence-corrected chi connectivity index (χ3v) is 5.77. The van der Waals surface area contributed by atoms with E-state index in [1.807, 2.05) is 13.0 Å². The lowest BCUT2D eigenvalue weighted by Crippen LogP contribution is -2.37. The van der Waals surface area contributed by atoms with Crippen molar-refractivity contribution in [3.05, 3.63) is 23.8 Å². The van der Waals surface area contributed by atoms with Gasteiger partial charge in [-0.1, -0.05) is 13.0 Å². The number of nitrogens with zero attached hydrogens (tertiary/aromatic N) is 1. The minimum atomic E-state index is -3.54. The van der Waals surface area contributed by atoms with Gasteiger partial charge in [0.1, 0.15) is 10.6 Å². The van der Waals surface area contributed by atoms with E-state index in [1.54, 1.807) is 12.1 Å². The molecule has 5 nitrogen and oxygen atoms in total. The van der Waals surface area contributed by atoms with Crippen LogP contribution in [0.15, 0.2) is 23.1 Å². The molecule has 1 fully saturated rings. The Balaban J connectivity index is 2.09. The fourth-order valence-corrected chi connectivity index (χ4v) is 4.06. The van der Waals surface area contributed by atoms with E-state index in [1.165, 1.54) is 7.11 Å². The standard InChI is InChI=1S/C16H26N2O3S/c1-4-13-5-6-15(21-3)16(11-13)22(19,20)17-12-14-7-9-18(2)10-8-14/h5-6,11,14,17H,4,7-10,12H2,1-3H3. The molecule has 124 valence electrons. The van der Waals surface area contributed by atoms with Gasteiger partial charge in [0.05, 0.1) is 7.11 Å². The van der Waals surface area contributed by atoms with Crippen LogP contribution in [0.2, 0.25) is 0 Å². The molecule has 1 aliphatic heterocycles. The van der Waals surface area contributed by atoms with E-state index < -0.39 is 10.0 Å². The Morgan fingerprint density at radius 3 is 2.59 bits per heavy atom. The molecule has 0 atom stereocenters. The maximum Gasteiger partial charge on any atom is 0.244 e. The molecule has 1 saturated heterocycles. The molecule has 0 saturated carbocycles. The molecular weight excluding hydrogens is 300 g/mol. The molecule has 1 N–H and O–H groups in total. The number of rotatable bonds is 6. The lowest BCUT2D eigenvalue weighted by molar-refractivity contribution is 0.220. The molecular formula is C16H26N2O3S. The summed E-state index contributed by atoms with van der Waals surface area (Å²) < 4.78 is 33.1. The lowest BCUT2D eigenvalue weighted by Gasteiger charge is -2.28. The molecule has 22 heavy (non-hydrogen) atoms. The summed E-state index contributed by atoms with van der Waals surface area (Å²) in [4.78, 5) is 2.51. The van der Waals surface area contributed by atoms with E-state index in [4.69, 9.17) is 4.74 Å². The number of ether oxygens (including phenoxy) is 1. The van der Waals surface area contributed by atoms with Gasteiger partial charge in [-0.15, -0.1) is 0 Å². The first-order valence-electron chi connectivity index (χ1n) is 7.81. The summed E-state index contributed by atoms with van der Waals surface area (Å²) >= 11 is 0. The maximum atomic E-state index is 12.6. The molecule has 6 heteroatoms. The Morgan fingerprint density at radius 2 is 2.00 bits per heavy atom. The second-order valence-corrected chi connectivity index (χ2v) is 7.67. The first kappa shape index (κ1) is 17.2. The Labute approximate surface area is 133 Å². The van der Waals surface area contributed by atoms with Crippen molar-refractivity contribution in [2.45, 2.75) is 31.1 Å². The Morgan fingerprint density at radius 1 is 1.32 bits per heavy atom. The number of methoxy groups -OCH3 is 1. The van der Waals surface area contributed by atoms with Crippen LogP contribution < -0.4 is 9.46 Å². The van der Waals surface area contributed by atoms with Gasteiger partial charge in [0, 0.05) is 6.54 Å². The van der Waals surface area contributed by atoms with Crippen LogP contribution in [-0.2, 0) is 16.4 Å². The Kier molecular flexibility index (Phi) is 5.83. The number of nitrogens with one attached hydrogen (secondary N) is 1. The molecule has 1 aromatic carbocycles. The zero-order valence-electron chi connectivity index (χ0n) is 13.6. The van der Waals surface area contributed by atoms with E-state index in [2.05, 4.69) is 16.7 Å². The highest BCUT2D eigenvalue weighted by Crippen LogP contribution is 2.25. The summed E-state index contributed by atoms with van der Waals surface area (Å²) in [6.07, 6.45) is 2.86. The molecule has 0 aromatic heterocycles. The van der Waals surface area contributed by atoms with Crippen molar-refractivity contribution in [2.24, 2.45) is 5.92 Å². The number of aryl methyl sites for hydroxylation is 1. The van der Waals surface area contributed by atoms with Gasteiger partial charge >= 0.3 is 0 Å². The maximum absolute atomic E-state index is 12.6. The smallest absolute Gasteiger partial charge is 0.244 e. The summed E-state index contributed by atoms with van der Waals surface area (Å²) in [6, 6.07) is 5.33. The van der Waals surface area contributed by atoms with Gasteiger partial charge in [0.2, 0.25) is 10.0 Å². The molecule has 1 aromatic rings. The molecule has 0 bridgehead atoms. The molecule has 1 heterocycles. The molecule has 0 radical (unpaired) electrons. The molecule has 0 spiro atoms. The third kappa shape index (κ3) is 4.21. The van der Waals surface area contributed by atoms with Crippen molar-refractivity contribution in [1.29, 1.82) is 0 Å². The van der Waals surface area contributed by atoms with Crippen LogP contribution in [0.25, 0.3) is 0 Å². The number of hydrogen-bond donors (Lipinski definition) is 1. The highest BCUT2D eigenvalue weighted by atomic mass is 32.2. The van der Waals surface area contributed by atoms with Crippen LogP contribution in [-0.4, -0.2) is 47.1 Å². The first-order chi connectivity index (χ1) is 10.5. The Hall–Kier alpha value is -1.11. The van der Waals surface area contributed by atoms with Gasteiger partial charge in [-0.05, 0) is 63.0 Å². The first-order valence-corrected chi connectivity index (χ1v) is 9.29. The number of hydrogen-bond acceptors (Lipinski definition) is 4. The van der Waals surface area contributed by atoms with E-state index in [0.29, 0.717) is 18.2 Å². The highest BCUT2D eigenvalue weighted by Gasteiger charge is 2.23. The van der Waals surface area contributed by atoms with Crippen molar-refractivity contribution in [1.82, 2.24) is 9.62 Å². The molecule has 0 unspecified atom stereocenters. The minimum Gasteiger partial charge on any atom is -0.495 e. The van der Waals surface area contributed by atoms with Gasteiger partial charge in [-0.2, -0.15) is 0 Å². The third-order valence-electron chi connectivity index (χ3n) is 4.33. The van der Waals surface area contributed by atoms with Gasteiger partial charge in [0.15, 0.2) is 0 Å². The zero-order valence-corrected chi connectivity index (χ0v) is 14.4. The lowest BCUT2D eigenvalue weighted by atomic mass is 9.98. The van der Waals surface area contributed by atoms with E-state index in [-0.39, 0.29) is 4.90 Å². The van der Waals surface area contributed by atoms with Crippen molar-refractivity contribution in [3.63, 3.8) is 0 Å². The number of piperidine rings is 1. The molecule has 0 aliphatic carbocycles. The topological polar surface area (TPSA) is 58.6 Å². The normalized spacial score (nSPS) is 17.6. The van der Waals surface area contributed by atoms with E-state index >= 15 is 0 Å². The minimum absolute atomic E-state index is 0.238. The number of likely N-dealkylation sites (tertiary alicyclic amines) is 1. The monoisotopic (exact) mass is 326 g/mol. The number of benzene rings is 1. The van der Waals surface area contributed by atoms with Crippen molar-refractivity contribution in [3.8, 4) is 5.75 Å². The van der Waals surface area contributed by atoms with Gasteiger partial charge in [-0.25, -0.2) is 13.1 Å². The van der Waals surface area contributed by atoms with Crippen LogP contribution in [0.5, 0.6) is 5.75 Å². The summed E-state index contributed by atoms with van der Waals surface area (Å²) in [6.45, 7) is 4.56. The van der Waals surface area contributed by atoms with Crippen LogP contribution in [0, 0.1) is 5.92 Å². The summed E-state index contributed by atoms with van der Waals surface area (Å²) in [5.41, 5.74) is 0.987. The Bertz CT molecular complexity index is 593. The van der Waals surface area contributed by atoms with Gasteiger partial charge in [0.25, 0.3) is 0 Å². The average molecular weight is 326 g/mol. The van der Waals surface area contributed by atoms with Crippen molar-refractivity contribution in [2.75, 3.05) is 33.8 Å². The highest BCUT2D eigenvalue weighted by molar-refractivity contribution is 7.89. The van der Waals surface area contributed by atoms with Crippen LogP contribution in [0.4, 0.5) is 0 Å². The van der Waals surface area contributed by atoms with E-state index in [0.717, 1.165) is 37.9 Å². The zero-order chi connectivity index (χ0) is 16.2. The van der Waals surface area contributed by atoms with Crippen LogP contribution >= 0.6 is 0 Å². The predicted molar refractivity (Wildman–Crippen MR) is 87.8 cm³/mol. The summed E-state index contributed by atoms with van der Waals surface area (Å²) in [7, 11) is 0.0585. The van der Waals surface area contributed by atoms with Crippen molar-refractivity contribution < 1.29 is 13.2 Å². The summed E-state index contributed by atoms with van der Waals surface area (Å²) in [5.74, 6) is 0.805. The molecule has 1 aliphatic rings. The molecule has 0 amide bonds. The second-order valence-electron chi connectivity index (χ2n) is 5.94. The quantitative estimate of drug-likeness (QED) is 0.867. The fourth-order valence-electron chi connectivity index (χ4n) is 2.72. The van der Waals surface area contributed by atoms with Crippen LogP contribution in [0.3, 0.4) is 0 Å². The van der Waals surface area contributed by atoms with Gasteiger partial charge < -0.3 is 9.64 Å². The SMILES string of the molecule is CCc1ccc(OC)c(S(=O)(=O)NCC2CCN(C)CC2)c1. The fraction of sp³-hybridized carbons (Fsp3) is 0.625. The predicted octanol–water partition coefficient (Wildman–Crippen LogP) is 1.88. The van der Waals surface area contributed by atoms with Crippen LogP contribution in [0.1, 0.15) is 25.3 Å². The van der Waals surface area contributed by atoms with Crippen molar-refractivity contribution >= 4 is 10.0 Å². The number of sulfonamides is 1. The molecule has 2 rings (SSSR count). The van der Waals surface area contributed by atoms with Gasteiger partial charge in [-0.3, -0.25) is 0 Å². The average Bonchev–Trinajstić information content (AvgIpc) is 2.53. The second kappa shape index (κ2) is 7.44. The van der Waals surface area contributed by atoms with E-state index in [9.17, 15) is 8.42 Å².